The summed E-state index contributed by atoms with van der Waals surface area (Å²) in [5, 5.41) is 3.57. The van der Waals surface area contributed by atoms with Crippen molar-refractivity contribution < 1.29 is 4.79 Å². The predicted octanol–water partition coefficient (Wildman–Crippen LogP) is 4.95. The second kappa shape index (κ2) is 15.2. The summed E-state index contributed by atoms with van der Waals surface area (Å²) in [4.78, 5) is 29.0. The fourth-order valence-corrected chi connectivity index (χ4v) is 4.29. The highest BCUT2D eigenvalue weighted by Gasteiger charge is 2.19. The number of hydrogen-bond acceptors (Lipinski definition) is 5. The minimum absolute atomic E-state index is 0.135. The third-order valence-electron chi connectivity index (χ3n) is 6.20. The molecular formula is C29H42N6O. The number of hydrogen-bond donors (Lipinski definition) is 2. The van der Waals surface area contributed by atoms with Crippen molar-refractivity contribution in [2.75, 3.05) is 26.2 Å². The van der Waals surface area contributed by atoms with Gasteiger partial charge in [0.2, 0.25) is 0 Å². The lowest BCUT2D eigenvalue weighted by Crippen LogP contribution is -2.31. The molecule has 7 heteroatoms. The van der Waals surface area contributed by atoms with Crippen molar-refractivity contribution in [3.05, 3.63) is 83.2 Å². The molecule has 0 aliphatic heterocycles. The minimum atomic E-state index is -0.135. The molecule has 0 atom stereocenters. The molecule has 1 amide bonds. The van der Waals surface area contributed by atoms with Gasteiger partial charge in [0.15, 0.2) is 5.82 Å². The molecular weight excluding hydrogens is 448 g/mol. The molecule has 2 aromatic heterocycles. The van der Waals surface area contributed by atoms with Gasteiger partial charge in [-0.15, -0.1) is 0 Å². The molecule has 7 nitrogen and oxygen atoms in total. The first-order valence-electron chi connectivity index (χ1n) is 13.3. The second-order valence-electron chi connectivity index (χ2n) is 9.47. The molecule has 36 heavy (non-hydrogen) atoms. The first-order valence-corrected chi connectivity index (χ1v) is 13.3. The van der Waals surface area contributed by atoms with Crippen molar-refractivity contribution in [1.29, 1.82) is 0 Å². The molecule has 0 fully saturated rings. The van der Waals surface area contributed by atoms with Crippen LogP contribution in [0.15, 0.2) is 55.0 Å². The SMILES string of the molecule is CCCN(CCC)CCCCNCc1ccc(CN(Cc2ccc(C)cn2)C(=O)c2ncc[nH]2)cc1. The first-order chi connectivity index (χ1) is 17.6. The maximum Gasteiger partial charge on any atom is 0.290 e. The summed E-state index contributed by atoms with van der Waals surface area (Å²) in [6.45, 7) is 12.9. The normalized spacial score (nSPS) is 11.2. The molecule has 0 aliphatic carbocycles. The van der Waals surface area contributed by atoms with Crippen LogP contribution in [0.5, 0.6) is 0 Å². The highest BCUT2D eigenvalue weighted by molar-refractivity contribution is 5.90. The van der Waals surface area contributed by atoms with Crippen LogP contribution in [0.4, 0.5) is 0 Å². The number of aromatic amines is 1. The lowest BCUT2D eigenvalue weighted by molar-refractivity contribution is 0.0716. The summed E-state index contributed by atoms with van der Waals surface area (Å²) in [6.07, 6.45) is 9.99. The molecule has 2 heterocycles. The Hall–Kier alpha value is -3.03. The van der Waals surface area contributed by atoms with E-state index in [2.05, 4.69) is 63.3 Å². The molecule has 0 saturated carbocycles. The summed E-state index contributed by atoms with van der Waals surface area (Å²) in [5.41, 5.74) is 4.29. The largest absolute Gasteiger partial charge is 0.341 e. The van der Waals surface area contributed by atoms with Crippen molar-refractivity contribution >= 4 is 5.91 Å². The number of imidazole rings is 1. The standard InChI is InChI=1S/C29H42N6O/c1-4-17-34(18-5-2)19-7-6-14-30-21-25-9-11-26(12-10-25)22-35(29(36)28-31-15-16-32-28)23-27-13-8-24(3)20-33-27/h8-13,15-16,20,30H,4-7,14,17-19,21-23H2,1-3H3,(H,31,32). The number of nitrogens with one attached hydrogen (secondary N) is 2. The average molecular weight is 491 g/mol. The zero-order valence-electron chi connectivity index (χ0n) is 22.2. The lowest BCUT2D eigenvalue weighted by Gasteiger charge is -2.22. The van der Waals surface area contributed by atoms with Gasteiger partial charge in [-0.25, -0.2) is 4.98 Å². The van der Waals surface area contributed by atoms with Gasteiger partial charge in [-0.1, -0.05) is 44.2 Å². The second-order valence-corrected chi connectivity index (χ2v) is 9.47. The van der Waals surface area contributed by atoms with Gasteiger partial charge in [0, 0.05) is 31.7 Å². The summed E-state index contributed by atoms with van der Waals surface area (Å²) in [7, 11) is 0. The van der Waals surface area contributed by atoms with Crippen molar-refractivity contribution in [2.45, 2.75) is 66.1 Å². The van der Waals surface area contributed by atoms with Crippen LogP contribution in [-0.2, 0) is 19.6 Å². The van der Waals surface area contributed by atoms with Crippen LogP contribution < -0.4 is 5.32 Å². The van der Waals surface area contributed by atoms with Gasteiger partial charge < -0.3 is 20.1 Å². The van der Waals surface area contributed by atoms with Gasteiger partial charge in [-0.3, -0.25) is 9.78 Å². The smallest absolute Gasteiger partial charge is 0.290 e. The monoisotopic (exact) mass is 490 g/mol. The van der Waals surface area contributed by atoms with Crippen LogP contribution in [0.3, 0.4) is 0 Å². The quantitative estimate of drug-likeness (QED) is 0.278. The number of benzene rings is 1. The van der Waals surface area contributed by atoms with Gasteiger partial charge in [0.1, 0.15) is 0 Å². The fourth-order valence-electron chi connectivity index (χ4n) is 4.29. The van der Waals surface area contributed by atoms with Crippen LogP contribution in [0.25, 0.3) is 0 Å². The maximum atomic E-state index is 13.1. The van der Waals surface area contributed by atoms with E-state index in [9.17, 15) is 4.79 Å². The molecule has 0 spiro atoms. The molecule has 2 N–H and O–H groups in total. The molecule has 0 radical (unpaired) electrons. The van der Waals surface area contributed by atoms with Crippen LogP contribution in [-0.4, -0.2) is 56.8 Å². The Morgan fingerprint density at radius 1 is 0.917 bits per heavy atom. The number of H-pyrrole nitrogens is 1. The molecule has 0 aliphatic rings. The Balaban J connectivity index is 1.48. The Bertz CT molecular complexity index is 995. The van der Waals surface area contributed by atoms with Gasteiger partial charge in [0.25, 0.3) is 5.91 Å². The molecule has 0 bridgehead atoms. The zero-order valence-corrected chi connectivity index (χ0v) is 22.2. The van der Waals surface area contributed by atoms with E-state index < -0.39 is 0 Å². The van der Waals surface area contributed by atoms with Crippen molar-refractivity contribution in [3.63, 3.8) is 0 Å². The van der Waals surface area contributed by atoms with Gasteiger partial charge in [-0.05, 0) is 81.5 Å². The number of aromatic nitrogens is 3. The average Bonchev–Trinajstić information content (AvgIpc) is 3.43. The van der Waals surface area contributed by atoms with Crippen LogP contribution in [0, 0.1) is 6.92 Å². The van der Waals surface area contributed by atoms with Gasteiger partial charge in [-0.2, -0.15) is 0 Å². The number of carbonyl (C=O) groups is 1. The van der Waals surface area contributed by atoms with Crippen molar-refractivity contribution in [2.24, 2.45) is 0 Å². The Kier molecular flexibility index (Phi) is 11.6. The Morgan fingerprint density at radius 2 is 1.67 bits per heavy atom. The fraction of sp³-hybridized carbons (Fsp3) is 0.483. The van der Waals surface area contributed by atoms with Crippen LogP contribution in [0.1, 0.15) is 72.5 Å². The molecule has 3 rings (SSSR count). The van der Waals surface area contributed by atoms with Crippen LogP contribution >= 0.6 is 0 Å². The Labute approximate surface area is 216 Å². The lowest BCUT2D eigenvalue weighted by atomic mass is 10.1. The van der Waals surface area contributed by atoms with Crippen molar-refractivity contribution in [3.8, 4) is 0 Å². The van der Waals surface area contributed by atoms with E-state index in [0.717, 1.165) is 29.9 Å². The van der Waals surface area contributed by atoms with Gasteiger partial charge >= 0.3 is 0 Å². The molecule has 1 aromatic carbocycles. The first kappa shape index (κ1) is 27.6. The number of nitrogens with zero attached hydrogens (tertiary/aromatic N) is 4. The maximum absolute atomic E-state index is 13.1. The number of rotatable bonds is 16. The summed E-state index contributed by atoms with van der Waals surface area (Å²) in [6, 6.07) is 12.5. The third kappa shape index (κ3) is 9.21. The highest BCUT2D eigenvalue weighted by atomic mass is 16.2. The van der Waals surface area contributed by atoms with E-state index in [1.165, 1.54) is 50.9 Å². The summed E-state index contributed by atoms with van der Waals surface area (Å²) < 4.78 is 0. The highest BCUT2D eigenvalue weighted by Crippen LogP contribution is 2.13. The zero-order chi connectivity index (χ0) is 25.6. The number of carbonyl (C=O) groups excluding carboxylic acids is 1. The van der Waals surface area contributed by atoms with Gasteiger partial charge in [0.05, 0.1) is 12.2 Å². The number of pyridine rings is 1. The third-order valence-corrected chi connectivity index (χ3v) is 6.20. The Morgan fingerprint density at radius 3 is 2.31 bits per heavy atom. The minimum Gasteiger partial charge on any atom is -0.341 e. The van der Waals surface area contributed by atoms with E-state index in [1.54, 1.807) is 17.3 Å². The summed E-state index contributed by atoms with van der Waals surface area (Å²) in [5.74, 6) is 0.208. The number of amides is 1. The molecule has 0 saturated heterocycles. The van der Waals surface area contributed by atoms with Crippen LogP contribution in [0.2, 0.25) is 0 Å². The van der Waals surface area contributed by atoms with E-state index >= 15 is 0 Å². The topological polar surface area (TPSA) is 77.2 Å². The number of unbranched alkanes of at least 4 members (excludes halogenated alkanes) is 1. The molecule has 3 aromatic rings. The molecule has 0 unspecified atom stereocenters. The van der Waals surface area contributed by atoms with E-state index in [1.807, 2.05) is 25.3 Å². The molecule has 194 valence electrons. The van der Waals surface area contributed by atoms with Crippen molar-refractivity contribution in [1.82, 2.24) is 30.1 Å². The van der Waals surface area contributed by atoms with E-state index in [0.29, 0.717) is 18.9 Å². The van der Waals surface area contributed by atoms with E-state index in [4.69, 9.17) is 0 Å². The van der Waals surface area contributed by atoms with E-state index in [-0.39, 0.29) is 5.91 Å². The predicted molar refractivity (Wildman–Crippen MR) is 146 cm³/mol. The number of aryl methyl sites for hydroxylation is 1. The summed E-state index contributed by atoms with van der Waals surface area (Å²) >= 11 is 0.